The highest BCUT2D eigenvalue weighted by atomic mass is 32.2. The van der Waals surface area contributed by atoms with Crippen molar-refractivity contribution in [2.24, 2.45) is 7.05 Å². The average Bonchev–Trinajstić information content (AvgIpc) is 3.18. The summed E-state index contributed by atoms with van der Waals surface area (Å²) in [5.41, 5.74) is 0. The van der Waals surface area contributed by atoms with Crippen molar-refractivity contribution in [1.82, 2.24) is 14.8 Å². The molecule has 0 aliphatic heterocycles. The van der Waals surface area contributed by atoms with E-state index in [0.29, 0.717) is 16.7 Å². The molecule has 0 radical (unpaired) electrons. The van der Waals surface area contributed by atoms with Crippen molar-refractivity contribution < 1.29 is 12.6 Å². The van der Waals surface area contributed by atoms with Gasteiger partial charge in [-0.15, -0.1) is 21.5 Å². The minimum Gasteiger partial charge on any atom is -0.382 e. The highest BCUT2D eigenvalue weighted by Gasteiger charge is 2.16. The molecule has 126 valence electrons. The third-order valence-corrected chi connectivity index (χ3v) is 6.40. The molecule has 3 aromatic rings. The Bertz CT molecular complexity index is 891. The Kier molecular flexibility index (Phi) is 5.22. The van der Waals surface area contributed by atoms with Crippen molar-refractivity contribution in [3.8, 4) is 16.5 Å². The predicted octanol–water partition coefficient (Wildman–Crippen LogP) is 3.04. The van der Waals surface area contributed by atoms with E-state index in [1.165, 1.54) is 11.8 Å². The van der Waals surface area contributed by atoms with Crippen LogP contribution in [-0.2, 0) is 17.2 Å². The molecule has 2 heterocycles. The summed E-state index contributed by atoms with van der Waals surface area (Å²) in [5, 5.41) is 10.9. The van der Waals surface area contributed by atoms with Crippen LogP contribution in [0.25, 0.3) is 10.7 Å². The van der Waals surface area contributed by atoms with Crippen LogP contribution < -0.4 is 4.18 Å². The molecule has 0 aliphatic rings. The van der Waals surface area contributed by atoms with Crippen molar-refractivity contribution in [2.45, 2.75) is 5.16 Å². The van der Waals surface area contributed by atoms with Crippen LogP contribution >= 0.6 is 23.1 Å². The van der Waals surface area contributed by atoms with Crippen LogP contribution in [0, 0.1) is 0 Å². The van der Waals surface area contributed by atoms with Gasteiger partial charge in [0.1, 0.15) is 5.75 Å². The number of hydrogen-bond donors (Lipinski definition) is 0. The quantitative estimate of drug-likeness (QED) is 0.463. The Hall–Kier alpha value is -1.84. The first-order valence-electron chi connectivity index (χ1n) is 7.08. The molecule has 2 aromatic heterocycles. The molecule has 0 saturated carbocycles. The summed E-state index contributed by atoms with van der Waals surface area (Å²) < 4.78 is 30.9. The van der Waals surface area contributed by atoms with E-state index in [9.17, 15) is 8.42 Å². The standard InChI is InChI=1S/C15H15N3O3S3/c1-18-14(13-8-5-9-22-13)16-17-15(18)23-10-11-24(19,20)21-12-6-3-2-4-7-12/h2-9H,10-11H2,1H3. The van der Waals surface area contributed by atoms with Gasteiger partial charge in [0.25, 0.3) is 0 Å². The second kappa shape index (κ2) is 7.37. The summed E-state index contributed by atoms with van der Waals surface area (Å²) in [5.74, 6) is 1.33. The predicted molar refractivity (Wildman–Crippen MR) is 95.9 cm³/mol. The van der Waals surface area contributed by atoms with Gasteiger partial charge >= 0.3 is 10.1 Å². The molecular formula is C15H15N3O3S3. The van der Waals surface area contributed by atoms with Crippen LogP contribution in [0.3, 0.4) is 0 Å². The Labute approximate surface area is 148 Å². The first kappa shape index (κ1) is 17.0. The van der Waals surface area contributed by atoms with Crippen LogP contribution in [0.2, 0.25) is 0 Å². The topological polar surface area (TPSA) is 74.1 Å². The largest absolute Gasteiger partial charge is 0.382 e. The third-order valence-electron chi connectivity index (χ3n) is 3.11. The van der Waals surface area contributed by atoms with E-state index in [2.05, 4.69) is 10.2 Å². The van der Waals surface area contributed by atoms with Gasteiger partial charge in [-0.3, -0.25) is 0 Å². The first-order chi connectivity index (χ1) is 11.6. The minimum atomic E-state index is -3.63. The summed E-state index contributed by atoms with van der Waals surface area (Å²) in [7, 11) is -1.76. The van der Waals surface area contributed by atoms with Gasteiger partial charge in [-0.2, -0.15) is 8.42 Å². The maximum atomic E-state index is 12.0. The van der Waals surface area contributed by atoms with Gasteiger partial charge in [0.05, 0.1) is 10.6 Å². The lowest BCUT2D eigenvalue weighted by Crippen LogP contribution is -2.15. The molecule has 0 bridgehead atoms. The molecule has 0 saturated heterocycles. The molecule has 1 aromatic carbocycles. The average molecular weight is 382 g/mol. The maximum absolute atomic E-state index is 12.0. The lowest BCUT2D eigenvalue weighted by molar-refractivity contribution is 0.488. The van der Waals surface area contributed by atoms with Crippen LogP contribution in [0.15, 0.2) is 53.0 Å². The number of aromatic nitrogens is 3. The molecule has 0 unspecified atom stereocenters. The number of rotatable bonds is 7. The number of hydrogen-bond acceptors (Lipinski definition) is 7. The molecule has 3 rings (SSSR count). The Morgan fingerprint density at radius 1 is 1.17 bits per heavy atom. The summed E-state index contributed by atoms with van der Waals surface area (Å²) in [6.07, 6.45) is 0. The van der Waals surface area contributed by atoms with E-state index in [1.54, 1.807) is 41.7 Å². The van der Waals surface area contributed by atoms with Crippen molar-refractivity contribution >= 4 is 33.2 Å². The molecule has 0 spiro atoms. The van der Waals surface area contributed by atoms with Gasteiger partial charge < -0.3 is 8.75 Å². The molecular weight excluding hydrogens is 366 g/mol. The highest BCUT2D eigenvalue weighted by molar-refractivity contribution is 8.00. The summed E-state index contributed by atoms with van der Waals surface area (Å²) in [6, 6.07) is 12.4. The molecule has 0 atom stereocenters. The minimum absolute atomic E-state index is 0.103. The molecule has 9 heteroatoms. The van der Waals surface area contributed by atoms with Gasteiger partial charge in [-0.25, -0.2) is 0 Å². The van der Waals surface area contributed by atoms with Crippen LogP contribution in [0.5, 0.6) is 5.75 Å². The number of para-hydroxylation sites is 1. The summed E-state index contributed by atoms with van der Waals surface area (Å²) in [4.78, 5) is 1.02. The van der Waals surface area contributed by atoms with E-state index in [-0.39, 0.29) is 5.75 Å². The van der Waals surface area contributed by atoms with E-state index in [1.807, 2.05) is 29.1 Å². The number of thiophene rings is 1. The second-order valence-corrected chi connectivity index (χ2v) is 8.55. The third kappa shape index (κ3) is 4.16. The zero-order chi connectivity index (χ0) is 17.0. The van der Waals surface area contributed by atoms with Crippen molar-refractivity contribution in [2.75, 3.05) is 11.5 Å². The van der Waals surface area contributed by atoms with Crippen molar-refractivity contribution in [1.29, 1.82) is 0 Å². The van der Waals surface area contributed by atoms with Crippen molar-refractivity contribution in [3.63, 3.8) is 0 Å². The van der Waals surface area contributed by atoms with E-state index in [0.717, 1.165) is 10.7 Å². The summed E-state index contributed by atoms with van der Waals surface area (Å²) >= 11 is 2.92. The van der Waals surface area contributed by atoms with E-state index >= 15 is 0 Å². The van der Waals surface area contributed by atoms with Crippen LogP contribution in [0.4, 0.5) is 0 Å². The first-order valence-corrected chi connectivity index (χ1v) is 10.5. The van der Waals surface area contributed by atoms with Crippen LogP contribution in [0.1, 0.15) is 0 Å². The normalized spacial score (nSPS) is 11.5. The zero-order valence-corrected chi connectivity index (χ0v) is 15.3. The number of nitrogens with zero attached hydrogens (tertiary/aromatic N) is 3. The fourth-order valence-corrected chi connectivity index (χ4v) is 4.90. The molecule has 24 heavy (non-hydrogen) atoms. The Balaban J connectivity index is 1.59. The molecule has 0 aliphatic carbocycles. The second-order valence-electron chi connectivity index (χ2n) is 4.85. The lowest BCUT2D eigenvalue weighted by atomic mass is 10.3. The zero-order valence-electron chi connectivity index (χ0n) is 12.8. The van der Waals surface area contributed by atoms with Gasteiger partial charge in [0.15, 0.2) is 11.0 Å². The fraction of sp³-hybridized carbons (Fsp3) is 0.200. The Morgan fingerprint density at radius 3 is 2.67 bits per heavy atom. The smallest absolute Gasteiger partial charge is 0.310 e. The van der Waals surface area contributed by atoms with Crippen molar-refractivity contribution in [3.05, 3.63) is 47.8 Å². The van der Waals surface area contributed by atoms with E-state index in [4.69, 9.17) is 4.18 Å². The molecule has 0 amide bonds. The molecule has 0 fully saturated rings. The van der Waals surface area contributed by atoms with Crippen LogP contribution in [-0.4, -0.2) is 34.7 Å². The monoisotopic (exact) mass is 381 g/mol. The fourth-order valence-electron chi connectivity index (χ4n) is 1.96. The van der Waals surface area contributed by atoms with E-state index < -0.39 is 10.1 Å². The highest BCUT2D eigenvalue weighted by Crippen LogP contribution is 2.26. The SMILES string of the molecule is Cn1c(SCCS(=O)(=O)Oc2ccccc2)nnc1-c1cccs1. The van der Waals surface area contributed by atoms with Gasteiger partial charge in [0, 0.05) is 12.8 Å². The Morgan fingerprint density at radius 2 is 1.96 bits per heavy atom. The molecule has 6 nitrogen and oxygen atoms in total. The maximum Gasteiger partial charge on any atom is 0.310 e. The lowest BCUT2D eigenvalue weighted by Gasteiger charge is -2.06. The number of benzene rings is 1. The molecule has 0 N–H and O–H groups in total. The summed E-state index contributed by atoms with van der Waals surface area (Å²) in [6.45, 7) is 0. The number of thioether (sulfide) groups is 1. The van der Waals surface area contributed by atoms with Gasteiger partial charge in [0.2, 0.25) is 0 Å². The van der Waals surface area contributed by atoms with Gasteiger partial charge in [-0.05, 0) is 23.6 Å². The van der Waals surface area contributed by atoms with Gasteiger partial charge in [-0.1, -0.05) is 36.0 Å².